The molecule has 2 rings (SSSR count). The summed E-state index contributed by atoms with van der Waals surface area (Å²) in [6.07, 6.45) is -0.259. The van der Waals surface area contributed by atoms with Crippen LogP contribution in [0.4, 0.5) is 10.5 Å². The molecule has 3 N–H and O–H groups in total. The molecule has 0 aliphatic heterocycles. The number of benzene rings is 2. The Bertz CT molecular complexity index is 679. The summed E-state index contributed by atoms with van der Waals surface area (Å²) in [4.78, 5) is 22.9. The van der Waals surface area contributed by atoms with Gasteiger partial charge in [0, 0.05) is 17.7 Å². The molecule has 120 valence electrons. The van der Waals surface area contributed by atoms with Crippen LogP contribution in [0.1, 0.15) is 29.8 Å². The van der Waals surface area contributed by atoms with Crippen LogP contribution >= 0.6 is 0 Å². The number of primary amides is 1. The highest BCUT2D eigenvalue weighted by Crippen LogP contribution is 2.19. The Morgan fingerprint density at radius 3 is 2.22 bits per heavy atom. The molecule has 0 bridgehead atoms. The summed E-state index contributed by atoms with van der Waals surface area (Å²) in [7, 11) is 0. The van der Waals surface area contributed by atoms with Gasteiger partial charge < -0.3 is 15.8 Å². The maximum Gasteiger partial charge on any atom is 0.405 e. The molecule has 0 aliphatic carbocycles. The molecule has 0 fully saturated rings. The van der Waals surface area contributed by atoms with Crippen LogP contribution in [0, 0.1) is 0 Å². The summed E-state index contributed by atoms with van der Waals surface area (Å²) in [6.45, 7) is 3.59. The topological polar surface area (TPSA) is 81.4 Å². The summed E-state index contributed by atoms with van der Waals surface area (Å²) in [5, 5.41) is 2.84. The van der Waals surface area contributed by atoms with Crippen molar-refractivity contribution in [3.05, 3.63) is 65.7 Å². The van der Waals surface area contributed by atoms with Gasteiger partial charge in [0.1, 0.15) is 5.60 Å². The van der Waals surface area contributed by atoms with Gasteiger partial charge in [-0.3, -0.25) is 4.79 Å². The van der Waals surface area contributed by atoms with Crippen LogP contribution in [0.15, 0.2) is 54.6 Å². The lowest BCUT2D eigenvalue weighted by Gasteiger charge is -2.24. The van der Waals surface area contributed by atoms with E-state index in [2.05, 4.69) is 5.32 Å². The summed E-state index contributed by atoms with van der Waals surface area (Å²) < 4.78 is 5.06. The van der Waals surface area contributed by atoms with E-state index in [0.29, 0.717) is 17.7 Å². The molecule has 0 spiro atoms. The Morgan fingerprint density at radius 1 is 1.04 bits per heavy atom. The molecule has 2 aromatic carbocycles. The average molecular weight is 312 g/mol. The zero-order valence-electron chi connectivity index (χ0n) is 13.2. The van der Waals surface area contributed by atoms with Crippen LogP contribution in [-0.2, 0) is 11.2 Å². The predicted octanol–water partition coefficient (Wildman–Crippen LogP) is 3.36. The van der Waals surface area contributed by atoms with Gasteiger partial charge in [-0.05, 0) is 43.7 Å². The largest absolute Gasteiger partial charge is 0.443 e. The SMILES string of the molecule is CC(C)(Cc1ccc(NC(=O)c2ccccc2)cc1)OC(N)=O. The standard InChI is InChI=1S/C18H20N2O3/c1-18(2,23-17(19)22)12-13-8-10-15(11-9-13)20-16(21)14-6-4-3-5-7-14/h3-11H,12H2,1-2H3,(H2,19,22)(H,20,21). The zero-order valence-corrected chi connectivity index (χ0v) is 13.2. The molecule has 0 heterocycles. The molecule has 0 unspecified atom stereocenters. The molecule has 2 aromatic rings. The third-order valence-corrected chi connectivity index (χ3v) is 3.25. The number of nitrogens with one attached hydrogen (secondary N) is 1. The van der Waals surface area contributed by atoms with E-state index in [-0.39, 0.29) is 5.91 Å². The summed E-state index contributed by atoms with van der Waals surface area (Å²) >= 11 is 0. The van der Waals surface area contributed by atoms with E-state index in [1.807, 2.05) is 42.5 Å². The maximum absolute atomic E-state index is 12.1. The first-order chi connectivity index (χ1) is 10.9. The van der Waals surface area contributed by atoms with Crippen molar-refractivity contribution in [3.8, 4) is 0 Å². The Kier molecular flexibility index (Phi) is 5.01. The van der Waals surface area contributed by atoms with Crippen molar-refractivity contribution in [1.29, 1.82) is 0 Å². The van der Waals surface area contributed by atoms with E-state index in [9.17, 15) is 9.59 Å². The van der Waals surface area contributed by atoms with Crippen molar-refractivity contribution in [1.82, 2.24) is 0 Å². The summed E-state index contributed by atoms with van der Waals surface area (Å²) in [5.41, 5.74) is 6.67. The molecule has 0 aliphatic rings. The molecule has 2 amide bonds. The van der Waals surface area contributed by atoms with Gasteiger partial charge >= 0.3 is 6.09 Å². The first kappa shape index (κ1) is 16.5. The van der Waals surface area contributed by atoms with E-state index in [1.165, 1.54) is 0 Å². The fraction of sp³-hybridized carbons (Fsp3) is 0.222. The van der Waals surface area contributed by atoms with E-state index in [4.69, 9.17) is 10.5 Å². The van der Waals surface area contributed by atoms with Crippen LogP contribution in [-0.4, -0.2) is 17.6 Å². The van der Waals surface area contributed by atoms with Crippen LogP contribution < -0.4 is 11.1 Å². The molecule has 23 heavy (non-hydrogen) atoms. The van der Waals surface area contributed by atoms with Gasteiger partial charge in [-0.15, -0.1) is 0 Å². The van der Waals surface area contributed by atoms with Gasteiger partial charge in [0.2, 0.25) is 0 Å². The average Bonchev–Trinajstić information content (AvgIpc) is 2.48. The van der Waals surface area contributed by atoms with Gasteiger partial charge in [0.05, 0.1) is 0 Å². The van der Waals surface area contributed by atoms with Gasteiger partial charge in [0.25, 0.3) is 5.91 Å². The Balaban J connectivity index is 2.00. The van der Waals surface area contributed by atoms with E-state index in [0.717, 1.165) is 5.56 Å². The number of hydrogen-bond donors (Lipinski definition) is 2. The van der Waals surface area contributed by atoms with Crippen molar-refractivity contribution in [2.75, 3.05) is 5.32 Å². The summed E-state index contributed by atoms with van der Waals surface area (Å²) in [6, 6.07) is 16.4. The quantitative estimate of drug-likeness (QED) is 0.888. The van der Waals surface area contributed by atoms with Gasteiger partial charge in [0.15, 0.2) is 0 Å². The zero-order chi connectivity index (χ0) is 16.9. The molecule has 0 aromatic heterocycles. The first-order valence-corrected chi connectivity index (χ1v) is 7.29. The molecule has 0 atom stereocenters. The van der Waals surface area contributed by atoms with Gasteiger partial charge in [-0.2, -0.15) is 0 Å². The highest BCUT2D eigenvalue weighted by molar-refractivity contribution is 6.04. The van der Waals surface area contributed by atoms with E-state index in [1.54, 1.807) is 26.0 Å². The minimum absolute atomic E-state index is 0.157. The van der Waals surface area contributed by atoms with Crippen LogP contribution in [0.25, 0.3) is 0 Å². The Labute approximate surface area is 135 Å². The first-order valence-electron chi connectivity index (χ1n) is 7.29. The predicted molar refractivity (Wildman–Crippen MR) is 89.3 cm³/mol. The fourth-order valence-electron chi connectivity index (χ4n) is 2.30. The molecule has 0 radical (unpaired) electrons. The highest BCUT2D eigenvalue weighted by atomic mass is 16.6. The van der Waals surface area contributed by atoms with Crippen molar-refractivity contribution in [3.63, 3.8) is 0 Å². The number of carbonyl (C=O) groups excluding carboxylic acids is 2. The van der Waals surface area contributed by atoms with Crippen molar-refractivity contribution in [2.24, 2.45) is 5.73 Å². The molecule has 5 heteroatoms. The number of anilines is 1. The number of hydrogen-bond acceptors (Lipinski definition) is 3. The Hall–Kier alpha value is -2.82. The lowest BCUT2D eigenvalue weighted by molar-refractivity contribution is 0.0460. The second kappa shape index (κ2) is 6.96. The maximum atomic E-state index is 12.1. The normalized spacial score (nSPS) is 10.9. The van der Waals surface area contributed by atoms with Crippen molar-refractivity contribution >= 4 is 17.7 Å². The van der Waals surface area contributed by atoms with Crippen molar-refractivity contribution < 1.29 is 14.3 Å². The van der Waals surface area contributed by atoms with E-state index >= 15 is 0 Å². The molecular weight excluding hydrogens is 292 g/mol. The number of ether oxygens (including phenoxy) is 1. The monoisotopic (exact) mass is 312 g/mol. The highest BCUT2D eigenvalue weighted by Gasteiger charge is 2.22. The summed E-state index contributed by atoms with van der Waals surface area (Å²) in [5.74, 6) is -0.157. The minimum Gasteiger partial charge on any atom is -0.443 e. The Morgan fingerprint density at radius 2 is 1.65 bits per heavy atom. The smallest absolute Gasteiger partial charge is 0.405 e. The second-order valence-electron chi connectivity index (χ2n) is 5.87. The minimum atomic E-state index is -0.790. The van der Waals surface area contributed by atoms with E-state index < -0.39 is 11.7 Å². The van der Waals surface area contributed by atoms with Crippen LogP contribution in [0.3, 0.4) is 0 Å². The number of nitrogens with two attached hydrogens (primary N) is 1. The number of carbonyl (C=O) groups is 2. The van der Waals surface area contributed by atoms with Crippen LogP contribution in [0.5, 0.6) is 0 Å². The lowest BCUT2D eigenvalue weighted by atomic mass is 9.98. The molecule has 0 saturated carbocycles. The molecule has 0 saturated heterocycles. The number of amides is 2. The van der Waals surface area contributed by atoms with Gasteiger partial charge in [-0.1, -0.05) is 30.3 Å². The number of rotatable bonds is 5. The van der Waals surface area contributed by atoms with Crippen LogP contribution in [0.2, 0.25) is 0 Å². The molecule has 5 nitrogen and oxygen atoms in total. The van der Waals surface area contributed by atoms with Gasteiger partial charge in [-0.25, -0.2) is 4.79 Å². The van der Waals surface area contributed by atoms with Crippen molar-refractivity contribution in [2.45, 2.75) is 25.9 Å². The fourth-order valence-corrected chi connectivity index (χ4v) is 2.30. The third-order valence-electron chi connectivity index (χ3n) is 3.25. The third kappa shape index (κ3) is 5.14. The second-order valence-corrected chi connectivity index (χ2v) is 5.87. The lowest BCUT2D eigenvalue weighted by Crippen LogP contribution is -2.33. The molecular formula is C18H20N2O3.